The van der Waals surface area contributed by atoms with Gasteiger partial charge in [-0.25, -0.2) is 9.79 Å². The summed E-state index contributed by atoms with van der Waals surface area (Å²) in [7, 11) is 0. The summed E-state index contributed by atoms with van der Waals surface area (Å²) in [6, 6.07) is 5.52. The molecule has 0 atom stereocenters. The van der Waals surface area contributed by atoms with Crippen LogP contribution in [0.3, 0.4) is 0 Å². The van der Waals surface area contributed by atoms with Gasteiger partial charge in [-0.15, -0.1) is 0 Å². The van der Waals surface area contributed by atoms with Gasteiger partial charge in [-0.2, -0.15) is 0 Å². The van der Waals surface area contributed by atoms with Crippen LogP contribution < -0.4 is 0 Å². The zero-order valence-corrected chi connectivity index (χ0v) is 11.1. The molecule has 9 heteroatoms. The number of carbonyl (C=O) groups excluding carboxylic acids is 1. The van der Waals surface area contributed by atoms with Crippen LogP contribution in [0.1, 0.15) is 6.92 Å². The molecule has 0 saturated heterocycles. The minimum atomic E-state index is -0.753. The van der Waals surface area contributed by atoms with E-state index in [4.69, 9.17) is 9.47 Å². The second kappa shape index (κ2) is 8.39. The average molecular weight is 332 g/mol. The molecule has 22 heavy (non-hydrogen) atoms. The SMILES string of the molecule is CCOC(=O)C1=C(O)COC1=Nc1cccc([N+](=O)[O-])c1.[KH]. The molecule has 1 aromatic carbocycles. The molecule has 1 aromatic rings. The number of aliphatic imine (C=N–C) groups is 1. The van der Waals surface area contributed by atoms with Crippen molar-refractivity contribution in [1.82, 2.24) is 0 Å². The molecule has 1 aliphatic heterocycles. The Morgan fingerprint density at radius 1 is 1.55 bits per heavy atom. The first-order valence-corrected chi connectivity index (χ1v) is 6.08. The van der Waals surface area contributed by atoms with Gasteiger partial charge in [0, 0.05) is 12.1 Å². The molecule has 112 valence electrons. The molecular weight excluding hydrogens is 319 g/mol. The van der Waals surface area contributed by atoms with E-state index in [1.165, 1.54) is 24.3 Å². The van der Waals surface area contributed by atoms with Crippen LogP contribution in [0.15, 0.2) is 40.6 Å². The number of benzene rings is 1. The number of esters is 1. The van der Waals surface area contributed by atoms with Crippen molar-refractivity contribution < 1.29 is 24.3 Å². The van der Waals surface area contributed by atoms with Gasteiger partial charge in [-0.3, -0.25) is 10.1 Å². The number of hydrogen-bond donors (Lipinski definition) is 1. The molecule has 1 heterocycles. The molecule has 0 fully saturated rings. The van der Waals surface area contributed by atoms with Gasteiger partial charge < -0.3 is 14.6 Å². The molecular formula is C13H13KN2O6. The quantitative estimate of drug-likeness (QED) is 0.386. The number of aliphatic hydroxyl groups is 1. The predicted molar refractivity (Wildman–Crippen MR) is 79.6 cm³/mol. The molecule has 0 unspecified atom stereocenters. The summed E-state index contributed by atoms with van der Waals surface area (Å²) in [4.78, 5) is 25.9. The van der Waals surface area contributed by atoms with Crippen molar-refractivity contribution in [1.29, 1.82) is 0 Å². The monoisotopic (exact) mass is 332 g/mol. The molecule has 2 rings (SSSR count). The Bertz CT molecular complexity index is 656. The second-order valence-corrected chi connectivity index (χ2v) is 4.02. The molecule has 0 aliphatic carbocycles. The number of nitro benzene ring substituents is 1. The minimum absolute atomic E-state index is 0. The van der Waals surface area contributed by atoms with Gasteiger partial charge in [0.1, 0.15) is 12.4 Å². The molecule has 0 saturated carbocycles. The number of carbonyl (C=O) groups is 1. The first kappa shape index (κ1) is 18.8. The molecule has 1 aliphatic rings. The third kappa shape index (κ3) is 4.37. The van der Waals surface area contributed by atoms with Gasteiger partial charge in [0.25, 0.3) is 5.69 Å². The maximum absolute atomic E-state index is 11.7. The van der Waals surface area contributed by atoms with Crippen molar-refractivity contribution in [3.05, 3.63) is 45.7 Å². The standard InChI is InChI=1S/C13H12N2O6.K.H/c1-2-20-13(17)11-10(16)7-21-12(11)14-8-4-3-5-9(6-8)15(18)19;;/h3-6,16H,2,7H2,1H3;;. The zero-order chi connectivity index (χ0) is 15.4. The average Bonchev–Trinajstić information content (AvgIpc) is 2.80. The summed E-state index contributed by atoms with van der Waals surface area (Å²) < 4.78 is 9.91. The van der Waals surface area contributed by atoms with Gasteiger partial charge >= 0.3 is 57.4 Å². The second-order valence-electron chi connectivity index (χ2n) is 4.02. The molecule has 0 bridgehead atoms. The Hall–Kier alpha value is -1.26. The summed E-state index contributed by atoms with van der Waals surface area (Å²) in [6.07, 6.45) is 0. The molecule has 0 radical (unpaired) electrons. The number of ether oxygens (including phenoxy) is 2. The number of nitrogens with zero attached hydrogens (tertiary/aromatic N) is 2. The molecule has 8 nitrogen and oxygen atoms in total. The summed E-state index contributed by atoms with van der Waals surface area (Å²) in [5.74, 6) is -1.15. The number of nitro groups is 1. The summed E-state index contributed by atoms with van der Waals surface area (Å²) in [5.41, 5.74) is -0.0696. The molecule has 0 amide bonds. The van der Waals surface area contributed by atoms with E-state index >= 15 is 0 Å². The van der Waals surface area contributed by atoms with Crippen LogP contribution >= 0.6 is 0 Å². The van der Waals surface area contributed by atoms with Gasteiger partial charge in [0.2, 0.25) is 5.90 Å². The van der Waals surface area contributed by atoms with Crippen molar-refractivity contribution >= 4 is 74.6 Å². The Labute approximate surface area is 168 Å². The Morgan fingerprint density at radius 2 is 2.27 bits per heavy atom. The van der Waals surface area contributed by atoms with Crippen LogP contribution in [-0.4, -0.2) is 86.5 Å². The number of rotatable bonds is 4. The topological polar surface area (TPSA) is 111 Å². The van der Waals surface area contributed by atoms with E-state index in [-0.39, 0.29) is 93.2 Å². The van der Waals surface area contributed by atoms with E-state index in [0.29, 0.717) is 0 Å². The van der Waals surface area contributed by atoms with Gasteiger partial charge in [-0.05, 0) is 13.0 Å². The van der Waals surface area contributed by atoms with Crippen LogP contribution in [0, 0.1) is 10.1 Å². The van der Waals surface area contributed by atoms with Crippen molar-refractivity contribution in [3.63, 3.8) is 0 Å². The maximum atomic E-state index is 11.7. The summed E-state index contributed by atoms with van der Waals surface area (Å²) >= 11 is 0. The fourth-order valence-corrected chi connectivity index (χ4v) is 1.69. The van der Waals surface area contributed by atoms with Crippen molar-refractivity contribution in [2.24, 2.45) is 4.99 Å². The van der Waals surface area contributed by atoms with Crippen molar-refractivity contribution in [2.75, 3.05) is 13.2 Å². The third-order valence-corrected chi connectivity index (χ3v) is 2.60. The first-order chi connectivity index (χ1) is 10.0. The normalized spacial score (nSPS) is 15.2. The Balaban J connectivity index is 0.00000242. The van der Waals surface area contributed by atoms with Crippen LogP contribution in [0.4, 0.5) is 11.4 Å². The van der Waals surface area contributed by atoms with Gasteiger partial charge in [0.15, 0.2) is 5.57 Å². The van der Waals surface area contributed by atoms with Crippen LogP contribution in [0.5, 0.6) is 0 Å². The number of hydrogen-bond acceptors (Lipinski definition) is 7. The fraction of sp³-hybridized carbons (Fsp3) is 0.231. The van der Waals surface area contributed by atoms with E-state index in [0.717, 1.165) is 0 Å². The van der Waals surface area contributed by atoms with E-state index in [1.807, 2.05) is 0 Å². The first-order valence-electron chi connectivity index (χ1n) is 6.08. The molecule has 0 spiro atoms. The van der Waals surface area contributed by atoms with E-state index < -0.39 is 10.9 Å². The summed E-state index contributed by atoms with van der Waals surface area (Å²) in [6.45, 7) is 1.57. The predicted octanol–water partition coefficient (Wildman–Crippen LogP) is 1.38. The van der Waals surface area contributed by atoms with E-state index in [2.05, 4.69) is 4.99 Å². The van der Waals surface area contributed by atoms with Crippen LogP contribution in [0.2, 0.25) is 0 Å². The van der Waals surface area contributed by atoms with E-state index in [9.17, 15) is 20.0 Å². The Morgan fingerprint density at radius 3 is 2.91 bits per heavy atom. The zero-order valence-electron chi connectivity index (χ0n) is 11.1. The van der Waals surface area contributed by atoms with Crippen LogP contribution in [0.25, 0.3) is 0 Å². The Kier molecular flexibility index (Phi) is 7.16. The van der Waals surface area contributed by atoms with E-state index in [1.54, 1.807) is 6.92 Å². The van der Waals surface area contributed by atoms with Crippen molar-refractivity contribution in [2.45, 2.75) is 6.92 Å². The van der Waals surface area contributed by atoms with Crippen molar-refractivity contribution in [3.8, 4) is 0 Å². The fourth-order valence-electron chi connectivity index (χ4n) is 1.69. The van der Waals surface area contributed by atoms with Gasteiger partial charge in [-0.1, -0.05) is 6.07 Å². The van der Waals surface area contributed by atoms with Crippen LogP contribution in [-0.2, 0) is 14.3 Å². The van der Waals surface area contributed by atoms with Gasteiger partial charge in [0.05, 0.1) is 17.2 Å². The third-order valence-electron chi connectivity index (χ3n) is 2.60. The summed E-state index contributed by atoms with van der Waals surface area (Å²) in [5, 5.41) is 20.3. The number of aliphatic hydroxyl groups excluding tert-OH is 1. The molecule has 0 aromatic heterocycles. The molecule has 1 N–H and O–H groups in total. The number of non-ortho nitro benzene ring substituents is 1.